The summed E-state index contributed by atoms with van der Waals surface area (Å²) < 4.78 is 24.2. The van der Waals surface area contributed by atoms with Crippen LogP contribution >= 0.6 is 0 Å². The summed E-state index contributed by atoms with van der Waals surface area (Å²) in [4.78, 5) is 0. The molecule has 0 spiro atoms. The fourth-order valence-corrected chi connectivity index (χ4v) is 2.55. The van der Waals surface area contributed by atoms with Crippen LogP contribution in [0.5, 0.6) is 0 Å². The molecule has 1 fully saturated rings. The van der Waals surface area contributed by atoms with Gasteiger partial charge in [-0.05, 0) is 55.8 Å². The Morgan fingerprint density at radius 2 is 1.89 bits per heavy atom. The van der Waals surface area contributed by atoms with Gasteiger partial charge in [-0.3, -0.25) is 0 Å². The van der Waals surface area contributed by atoms with Gasteiger partial charge in [0.1, 0.15) is 0 Å². The summed E-state index contributed by atoms with van der Waals surface area (Å²) in [6.45, 7) is 2.25. The standard InChI is InChI=1S/C15H21F2N/c16-15(17)8-7-12-3-5-13(6-4-12)10-14-2-1-9-18-11-14/h3-6,14-15,18H,1-2,7-11H2. The largest absolute Gasteiger partial charge is 0.316 e. The molecule has 1 aromatic rings. The number of alkyl halides is 2. The van der Waals surface area contributed by atoms with Crippen LogP contribution in [-0.4, -0.2) is 19.5 Å². The first-order valence-electron chi connectivity index (χ1n) is 6.81. The fourth-order valence-electron chi connectivity index (χ4n) is 2.55. The van der Waals surface area contributed by atoms with E-state index in [1.807, 2.05) is 12.1 Å². The first-order valence-corrected chi connectivity index (χ1v) is 6.81. The van der Waals surface area contributed by atoms with Gasteiger partial charge in [-0.15, -0.1) is 0 Å². The highest BCUT2D eigenvalue weighted by atomic mass is 19.3. The third kappa shape index (κ3) is 4.37. The van der Waals surface area contributed by atoms with Crippen molar-refractivity contribution < 1.29 is 8.78 Å². The highest BCUT2D eigenvalue weighted by molar-refractivity contribution is 5.23. The number of benzene rings is 1. The molecule has 18 heavy (non-hydrogen) atoms. The van der Waals surface area contributed by atoms with E-state index in [2.05, 4.69) is 17.4 Å². The molecule has 1 saturated heterocycles. The minimum atomic E-state index is -2.20. The maximum absolute atomic E-state index is 12.1. The van der Waals surface area contributed by atoms with Gasteiger partial charge in [0.05, 0.1) is 0 Å². The lowest BCUT2D eigenvalue weighted by Gasteiger charge is -2.22. The normalized spacial score (nSPS) is 20.3. The van der Waals surface area contributed by atoms with Crippen LogP contribution < -0.4 is 5.32 Å². The Labute approximate surface area is 108 Å². The van der Waals surface area contributed by atoms with Gasteiger partial charge in [-0.2, -0.15) is 0 Å². The van der Waals surface area contributed by atoms with Crippen molar-refractivity contribution in [2.24, 2.45) is 5.92 Å². The minimum absolute atomic E-state index is 0.0358. The lowest BCUT2D eigenvalue weighted by molar-refractivity contribution is 0.138. The van der Waals surface area contributed by atoms with E-state index in [1.54, 1.807) is 0 Å². The number of hydrogen-bond donors (Lipinski definition) is 1. The summed E-state index contributed by atoms with van der Waals surface area (Å²) in [5, 5.41) is 3.42. The third-order valence-corrected chi connectivity index (χ3v) is 3.60. The molecule has 0 aromatic heterocycles. The molecular formula is C15H21F2N. The van der Waals surface area contributed by atoms with Crippen LogP contribution in [0.3, 0.4) is 0 Å². The predicted octanol–water partition coefficient (Wildman–Crippen LogP) is 3.43. The predicted molar refractivity (Wildman–Crippen MR) is 70.1 cm³/mol. The van der Waals surface area contributed by atoms with E-state index in [-0.39, 0.29) is 6.42 Å². The van der Waals surface area contributed by atoms with Crippen molar-refractivity contribution >= 4 is 0 Å². The molecule has 1 N–H and O–H groups in total. The second-order valence-corrected chi connectivity index (χ2v) is 5.16. The number of hydrogen-bond acceptors (Lipinski definition) is 1. The average molecular weight is 253 g/mol. The number of piperidine rings is 1. The second kappa shape index (κ2) is 6.83. The SMILES string of the molecule is FC(F)CCc1ccc(CC2CCCNC2)cc1. The molecule has 0 saturated carbocycles. The summed E-state index contributed by atoms with van der Waals surface area (Å²) >= 11 is 0. The lowest BCUT2D eigenvalue weighted by atomic mass is 9.92. The number of nitrogens with one attached hydrogen (secondary N) is 1. The zero-order valence-corrected chi connectivity index (χ0v) is 10.7. The smallest absolute Gasteiger partial charge is 0.239 e. The molecule has 1 atom stereocenters. The topological polar surface area (TPSA) is 12.0 Å². The quantitative estimate of drug-likeness (QED) is 0.847. The van der Waals surface area contributed by atoms with E-state index in [1.165, 1.54) is 18.4 Å². The average Bonchev–Trinajstić information content (AvgIpc) is 2.39. The highest BCUT2D eigenvalue weighted by Crippen LogP contribution is 2.17. The highest BCUT2D eigenvalue weighted by Gasteiger charge is 2.13. The van der Waals surface area contributed by atoms with Gasteiger partial charge >= 0.3 is 0 Å². The molecule has 3 heteroatoms. The van der Waals surface area contributed by atoms with E-state index in [9.17, 15) is 8.78 Å². The van der Waals surface area contributed by atoms with Crippen LogP contribution in [0, 0.1) is 5.92 Å². The van der Waals surface area contributed by atoms with Crippen molar-refractivity contribution in [3.8, 4) is 0 Å². The molecule has 1 nitrogen and oxygen atoms in total. The van der Waals surface area contributed by atoms with E-state index in [4.69, 9.17) is 0 Å². The van der Waals surface area contributed by atoms with Crippen LogP contribution in [0.2, 0.25) is 0 Å². The number of rotatable bonds is 5. The summed E-state index contributed by atoms with van der Waals surface area (Å²) in [5.74, 6) is 0.727. The van der Waals surface area contributed by atoms with E-state index in [0.717, 1.165) is 31.0 Å². The van der Waals surface area contributed by atoms with Crippen LogP contribution in [-0.2, 0) is 12.8 Å². The van der Waals surface area contributed by atoms with Crippen molar-refractivity contribution in [1.29, 1.82) is 0 Å². The summed E-state index contributed by atoms with van der Waals surface area (Å²) in [7, 11) is 0. The number of halogens is 2. The van der Waals surface area contributed by atoms with Gasteiger partial charge in [0.2, 0.25) is 6.43 Å². The van der Waals surface area contributed by atoms with Crippen molar-refractivity contribution in [2.45, 2.75) is 38.5 Å². The molecule has 2 rings (SSSR count). The monoisotopic (exact) mass is 253 g/mol. The van der Waals surface area contributed by atoms with Gasteiger partial charge < -0.3 is 5.32 Å². The van der Waals surface area contributed by atoms with Crippen LogP contribution in [0.4, 0.5) is 8.78 Å². The van der Waals surface area contributed by atoms with Gasteiger partial charge in [0.15, 0.2) is 0 Å². The zero-order valence-electron chi connectivity index (χ0n) is 10.7. The van der Waals surface area contributed by atoms with Gasteiger partial charge in [-0.25, -0.2) is 8.78 Å². The molecule has 1 aliphatic heterocycles. The first-order chi connectivity index (χ1) is 8.74. The van der Waals surface area contributed by atoms with Crippen molar-refractivity contribution in [3.05, 3.63) is 35.4 Å². The Kier molecular flexibility index (Phi) is 5.12. The molecule has 100 valence electrons. The first kappa shape index (κ1) is 13.5. The molecule has 0 radical (unpaired) electrons. The lowest BCUT2D eigenvalue weighted by Crippen LogP contribution is -2.30. The molecule has 0 aliphatic carbocycles. The third-order valence-electron chi connectivity index (χ3n) is 3.60. The van der Waals surface area contributed by atoms with Crippen molar-refractivity contribution in [2.75, 3.05) is 13.1 Å². The Balaban J connectivity index is 1.83. The second-order valence-electron chi connectivity index (χ2n) is 5.16. The Hall–Kier alpha value is -0.960. The van der Waals surface area contributed by atoms with Gasteiger partial charge in [0.25, 0.3) is 0 Å². The Bertz CT molecular complexity index is 342. The summed E-state index contributed by atoms with van der Waals surface area (Å²) in [6, 6.07) is 8.17. The van der Waals surface area contributed by atoms with Crippen molar-refractivity contribution in [3.63, 3.8) is 0 Å². The number of aryl methyl sites for hydroxylation is 1. The zero-order chi connectivity index (χ0) is 12.8. The minimum Gasteiger partial charge on any atom is -0.316 e. The molecule has 1 heterocycles. The molecule has 0 amide bonds. The maximum atomic E-state index is 12.1. The molecule has 1 unspecified atom stereocenters. The fraction of sp³-hybridized carbons (Fsp3) is 0.600. The molecule has 0 bridgehead atoms. The summed E-state index contributed by atoms with van der Waals surface area (Å²) in [5.41, 5.74) is 2.34. The van der Waals surface area contributed by atoms with Crippen LogP contribution in [0.25, 0.3) is 0 Å². The Morgan fingerprint density at radius 3 is 2.50 bits per heavy atom. The Morgan fingerprint density at radius 1 is 1.17 bits per heavy atom. The molecular weight excluding hydrogens is 232 g/mol. The van der Waals surface area contributed by atoms with E-state index >= 15 is 0 Å². The van der Waals surface area contributed by atoms with Crippen LogP contribution in [0.1, 0.15) is 30.4 Å². The molecule has 1 aliphatic rings. The van der Waals surface area contributed by atoms with E-state index in [0.29, 0.717) is 6.42 Å². The maximum Gasteiger partial charge on any atom is 0.239 e. The van der Waals surface area contributed by atoms with Gasteiger partial charge in [0, 0.05) is 6.42 Å². The van der Waals surface area contributed by atoms with E-state index < -0.39 is 6.43 Å². The van der Waals surface area contributed by atoms with Crippen LogP contribution in [0.15, 0.2) is 24.3 Å². The molecule has 1 aromatic carbocycles. The summed E-state index contributed by atoms with van der Waals surface area (Å²) in [6.07, 6.45) is 1.90. The van der Waals surface area contributed by atoms with Gasteiger partial charge in [-0.1, -0.05) is 24.3 Å². The van der Waals surface area contributed by atoms with Crippen molar-refractivity contribution in [1.82, 2.24) is 5.32 Å².